The number of nitrogens with zero attached hydrogens (tertiary/aromatic N) is 4. The van der Waals surface area contributed by atoms with Crippen molar-refractivity contribution in [1.82, 2.24) is 0 Å². The predicted molar refractivity (Wildman–Crippen MR) is 479 cm³/mol. The Morgan fingerprint density at radius 3 is 0.642 bits per heavy atom. The molecular weight excluding hydrogens is 1510 g/mol. The van der Waals surface area contributed by atoms with E-state index in [4.69, 9.17) is 0 Å². The van der Waals surface area contributed by atoms with E-state index in [0.717, 1.165) is 86.9 Å². The highest BCUT2D eigenvalue weighted by molar-refractivity contribution is 6.30. The van der Waals surface area contributed by atoms with E-state index in [1.54, 1.807) is 56.0 Å². The smallest absolute Gasteiger partial charge is 0.148 e. The third-order valence-electron chi connectivity index (χ3n) is 22.8. The summed E-state index contributed by atoms with van der Waals surface area (Å²) in [4.78, 5) is 7.03. The molecule has 0 spiro atoms. The fraction of sp³-hybridized carbons (Fsp3) is 0.0370. The van der Waals surface area contributed by atoms with E-state index in [1.807, 2.05) is 307 Å². The minimum absolute atomic E-state index is 0.0622. The number of para-hydroxylation sites is 4. The Labute approximate surface area is 688 Å². The molecule has 0 atom stereocenters. The maximum atomic E-state index is 16.6. The maximum Gasteiger partial charge on any atom is 0.148 e. The van der Waals surface area contributed by atoms with Gasteiger partial charge in [-0.1, -0.05) is 265 Å². The normalized spacial score (nSPS) is 11.5. The average Bonchev–Trinajstić information content (AvgIpc) is 0.721. The molecule has 0 aliphatic carbocycles. The second-order valence-corrected chi connectivity index (χ2v) is 30.5. The number of anilines is 12. The molecule has 20 aromatic rings. The van der Waals surface area contributed by atoms with Crippen molar-refractivity contribution in [2.24, 2.45) is 0 Å². The van der Waals surface area contributed by atoms with Crippen molar-refractivity contribution in [2.75, 3.05) is 19.6 Å². The second kappa shape index (κ2) is 31.0. The van der Waals surface area contributed by atoms with Crippen LogP contribution in [0.4, 0.5) is 103 Å². The topological polar surface area (TPSA) is 13.0 Å². The third kappa shape index (κ3) is 13.6. The first-order valence-corrected chi connectivity index (χ1v) is 39.5. The van der Waals surface area contributed by atoms with E-state index >= 15 is 35.1 Å². The Bertz CT molecular complexity index is 6880. The summed E-state index contributed by atoms with van der Waals surface area (Å²) in [7, 11) is 0. The molecule has 0 N–H and O–H groups in total. The fourth-order valence-electron chi connectivity index (χ4n) is 17.1. The first-order chi connectivity index (χ1) is 58.5. The second-order valence-electron chi connectivity index (χ2n) is 30.5. The number of hydrogen-bond acceptors (Lipinski definition) is 4. The van der Waals surface area contributed by atoms with Crippen LogP contribution in [0.3, 0.4) is 0 Å². The zero-order chi connectivity index (χ0) is 82.1. The molecule has 0 heterocycles. The van der Waals surface area contributed by atoms with Crippen molar-refractivity contribution >= 4 is 133 Å². The highest BCUT2D eigenvalue weighted by Crippen LogP contribution is 2.53. The van der Waals surface area contributed by atoms with E-state index in [9.17, 15) is 0 Å². The summed E-state index contributed by atoms with van der Waals surface area (Å²) in [5, 5.41) is 10.6. The van der Waals surface area contributed by atoms with E-state index < -0.39 is 46.5 Å². The minimum atomic E-state index is -0.579. The SMILES string of the molecule is Cc1ccc(-c2cc(F)c(N(c3ccccc3)c3ccc4ccc5c(N(c6ccccc6)c6cc(F)c(-c7ccc(C)cc7)cc6F)ccc6ccc3c4c65)cc2F)cc1.Cc1cccc(-c2cc(F)c(N(c3ccccc3)c3ccc4ccc5c(N(c6ccccc6)c6cc(F)c(-c7cccc(C)c7)cc6F)ccc6ccc3c4c65)cc2F)c1. The number of rotatable bonds is 16. The van der Waals surface area contributed by atoms with Crippen LogP contribution in [0, 0.1) is 74.2 Å². The Morgan fingerprint density at radius 2 is 0.400 bits per heavy atom. The summed E-state index contributed by atoms with van der Waals surface area (Å²) < 4.78 is 131. The van der Waals surface area contributed by atoms with Crippen LogP contribution in [0.1, 0.15) is 22.3 Å². The van der Waals surface area contributed by atoms with Crippen LogP contribution in [0.15, 0.2) is 364 Å². The molecule has 0 aliphatic heterocycles. The molecule has 0 unspecified atom stereocenters. The number of halogens is 8. The summed E-state index contributed by atoms with van der Waals surface area (Å²) in [6, 6.07) is 109. The Balaban J connectivity index is 0.000000159. The molecule has 120 heavy (non-hydrogen) atoms. The predicted octanol–water partition coefficient (Wildman–Crippen LogP) is 32.1. The molecule has 0 aliphatic rings. The molecule has 0 saturated heterocycles. The summed E-state index contributed by atoms with van der Waals surface area (Å²) in [6.07, 6.45) is 0. The van der Waals surface area contributed by atoms with Crippen molar-refractivity contribution in [2.45, 2.75) is 27.7 Å². The number of aryl methyl sites for hydroxylation is 4. The van der Waals surface area contributed by atoms with Gasteiger partial charge in [-0.2, -0.15) is 0 Å². The lowest BCUT2D eigenvalue weighted by Crippen LogP contribution is -2.14. The molecule has 20 aromatic carbocycles. The molecule has 12 heteroatoms. The molecule has 0 aromatic heterocycles. The van der Waals surface area contributed by atoms with E-state index in [-0.39, 0.29) is 45.0 Å². The monoisotopic (exact) mass is 1580 g/mol. The lowest BCUT2D eigenvalue weighted by atomic mass is 9.91. The van der Waals surface area contributed by atoms with Crippen LogP contribution in [-0.4, -0.2) is 0 Å². The van der Waals surface area contributed by atoms with Crippen molar-refractivity contribution in [1.29, 1.82) is 0 Å². The summed E-state index contributed by atoms with van der Waals surface area (Å²) in [6.45, 7) is 7.73. The van der Waals surface area contributed by atoms with Crippen LogP contribution >= 0.6 is 0 Å². The highest BCUT2D eigenvalue weighted by Gasteiger charge is 2.30. The molecule has 20 rings (SSSR count). The Morgan fingerprint density at radius 1 is 0.167 bits per heavy atom. The van der Waals surface area contributed by atoms with Crippen LogP contribution in [-0.2, 0) is 0 Å². The zero-order valence-electron chi connectivity index (χ0n) is 65.5. The van der Waals surface area contributed by atoms with Gasteiger partial charge in [0.2, 0.25) is 0 Å². The fourth-order valence-corrected chi connectivity index (χ4v) is 17.1. The van der Waals surface area contributed by atoms with Gasteiger partial charge in [-0.15, -0.1) is 0 Å². The minimum Gasteiger partial charge on any atom is -0.307 e. The van der Waals surface area contributed by atoms with E-state index in [2.05, 4.69) is 0 Å². The zero-order valence-corrected chi connectivity index (χ0v) is 65.5. The summed E-state index contributed by atoms with van der Waals surface area (Å²) >= 11 is 0. The molecular formula is C108H72F8N4. The van der Waals surface area contributed by atoms with E-state index in [0.29, 0.717) is 67.8 Å². The summed E-state index contributed by atoms with van der Waals surface area (Å²) in [5.41, 5.74) is 12.4. The average molecular weight is 1580 g/mol. The van der Waals surface area contributed by atoms with Gasteiger partial charge in [0.25, 0.3) is 0 Å². The Kier molecular flexibility index (Phi) is 19.4. The highest BCUT2D eigenvalue weighted by atomic mass is 19.2. The Hall–Kier alpha value is -14.9. The lowest BCUT2D eigenvalue weighted by molar-refractivity contribution is 0.604. The third-order valence-corrected chi connectivity index (χ3v) is 22.8. The standard InChI is InChI=1S/2C54H36F4N2/c1-33-11-9-13-37(27-33)43-29-47(57)51(31-45(43)55)59(39-15-5-3-6-16-39)49-25-21-35-20-24-42-50(26-22-36-19-23-41(49)53(35)54(36)42)60(40-17-7-4-8-18-40)52-32-46(56)44(30-48(52)58)38-14-10-12-34(2)28-38;1-33-13-17-35(18-14-33)43-29-47(57)51(31-45(43)55)59(39-9-5-3-6-10-39)49-27-23-37-22-26-42-50(28-24-38-21-25-41(49)53(37)54(38)42)60(40-11-7-4-8-12-40)52-32-46(56)44(30-48(52)58)36-19-15-34(2)16-20-36/h2*3-32H,1-2H3. The van der Waals surface area contributed by atoms with Crippen molar-refractivity contribution in [3.05, 3.63) is 433 Å². The van der Waals surface area contributed by atoms with Crippen LogP contribution in [0.25, 0.3) is 109 Å². The largest absolute Gasteiger partial charge is 0.307 e. The van der Waals surface area contributed by atoms with Gasteiger partial charge in [-0.25, -0.2) is 35.1 Å². The van der Waals surface area contributed by atoms with Crippen LogP contribution in [0.2, 0.25) is 0 Å². The molecule has 0 amide bonds. The molecule has 0 fully saturated rings. The van der Waals surface area contributed by atoms with Gasteiger partial charge >= 0.3 is 0 Å². The number of hydrogen-bond donors (Lipinski definition) is 0. The van der Waals surface area contributed by atoms with Crippen molar-refractivity contribution in [3.8, 4) is 44.5 Å². The molecule has 0 saturated carbocycles. The van der Waals surface area contributed by atoms with Gasteiger partial charge in [0.1, 0.15) is 46.5 Å². The van der Waals surface area contributed by atoms with Crippen LogP contribution in [0.5, 0.6) is 0 Å². The van der Waals surface area contributed by atoms with Gasteiger partial charge in [0, 0.05) is 90.8 Å². The van der Waals surface area contributed by atoms with Gasteiger partial charge < -0.3 is 19.6 Å². The maximum absolute atomic E-state index is 16.6. The van der Waals surface area contributed by atoms with Crippen molar-refractivity contribution in [3.63, 3.8) is 0 Å². The molecule has 4 nitrogen and oxygen atoms in total. The van der Waals surface area contributed by atoms with Gasteiger partial charge in [0.05, 0.1) is 45.5 Å². The first-order valence-electron chi connectivity index (χ1n) is 39.5. The number of benzene rings is 20. The molecule has 580 valence electrons. The first kappa shape index (κ1) is 75.2. The lowest BCUT2D eigenvalue weighted by Gasteiger charge is -2.30. The van der Waals surface area contributed by atoms with E-state index in [1.165, 1.54) is 48.5 Å². The molecule has 0 bridgehead atoms. The van der Waals surface area contributed by atoms with Gasteiger partial charge in [-0.3, -0.25) is 0 Å². The quantitative estimate of drug-likeness (QED) is 0.0706. The van der Waals surface area contributed by atoms with Crippen LogP contribution < -0.4 is 19.6 Å². The van der Waals surface area contributed by atoms with Gasteiger partial charge in [0.15, 0.2) is 0 Å². The van der Waals surface area contributed by atoms with Crippen molar-refractivity contribution < 1.29 is 35.1 Å². The van der Waals surface area contributed by atoms with Gasteiger partial charge in [-0.05, 0) is 190 Å². The molecule has 0 radical (unpaired) electrons. The summed E-state index contributed by atoms with van der Waals surface area (Å²) in [5.74, 6) is -4.49.